The first kappa shape index (κ1) is 23.0. The number of aromatic nitrogens is 1. The van der Waals surface area contributed by atoms with E-state index in [1.807, 2.05) is 67.6 Å². The number of aryl methyl sites for hydroxylation is 1. The molecule has 0 saturated heterocycles. The quantitative estimate of drug-likeness (QED) is 0.288. The van der Waals surface area contributed by atoms with Gasteiger partial charge < -0.3 is 19.2 Å². The third-order valence-electron chi connectivity index (χ3n) is 5.11. The van der Waals surface area contributed by atoms with Crippen molar-refractivity contribution in [1.82, 2.24) is 10.3 Å². The minimum absolute atomic E-state index is 0.187. The van der Waals surface area contributed by atoms with E-state index in [4.69, 9.17) is 26.1 Å². The molecule has 2 N–H and O–H groups in total. The van der Waals surface area contributed by atoms with Crippen LogP contribution in [0.4, 0.5) is 5.69 Å². The predicted octanol–water partition coefficient (Wildman–Crippen LogP) is 5.35. The number of hydrogen-bond acceptors (Lipinski definition) is 6. The van der Waals surface area contributed by atoms with Gasteiger partial charge >= 0.3 is 0 Å². The Morgan fingerprint density at radius 2 is 1.74 bits per heavy atom. The second-order valence-corrected chi connectivity index (χ2v) is 7.84. The van der Waals surface area contributed by atoms with E-state index in [0.717, 1.165) is 28.1 Å². The summed E-state index contributed by atoms with van der Waals surface area (Å²) in [6, 6.07) is 18.6. The SMILES string of the molecule is COc1ccc(C=CC(=O)NC(=S)Nc2cc(-c3nc4cc(OC)ccc4o3)ccc2C)cc1. The van der Waals surface area contributed by atoms with Crippen LogP contribution in [-0.2, 0) is 4.79 Å². The van der Waals surface area contributed by atoms with Crippen molar-refractivity contribution in [2.45, 2.75) is 6.92 Å². The van der Waals surface area contributed by atoms with Crippen LogP contribution in [0.25, 0.3) is 28.6 Å². The molecule has 1 amide bonds. The summed E-state index contributed by atoms with van der Waals surface area (Å²) in [4.78, 5) is 16.8. The van der Waals surface area contributed by atoms with Gasteiger partial charge in [-0.2, -0.15) is 0 Å². The molecule has 0 saturated carbocycles. The number of rotatable bonds is 6. The Morgan fingerprint density at radius 1 is 1.00 bits per heavy atom. The van der Waals surface area contributed by atoms with Crippen molar-refractivity contribution in [3.8, 4) is 23.0 Å². The van der Waals surface area contributed by atoms with E-state index in [2.05, 4.69) is 15.6 Å². The number of carbonyl (C=O) groups is 1. The normalized spacial score (nSPS) is 10.9. The van der Waals surface area contributed by atoms with Crippen LogP contribution in [0.1, 0.15) is 11.1 Å². The van der Waals surface area contributed by atoms with Crippen LogP contribution in [-0.4, -0.2) is 30.2 Å². The number of oxazole rings is 1. The highest BCUT2D eigenvalue weighted by atomic mass is 32.1. The van der Waals surface area contributed by atoms with Crippen molar-refractivity contribution < 1.29 is 18.7 Å². The van der Waals surface area contributed by atoms with E-state index in [0.29, 0.717) is 22.7 Å². The fraction of sp³-hybridized carbons (Fsp3) is 0.115. The van der Waals surface area contributed by atoms with Gasteiger partial charge in [-0.1, -0.05) is 18.2 Å². The molecule has 4 rings (SSSR count). The zero-order valence-electron chi connectivity index (χ0n) is 18.9. The fourth-order valence-electron chi connectivity index (χ4n) is 3.24. The predicted molar refractivity (Wildman–Crippen MR) is 137 cm³/mol. The molecular weight excluding hydrogens is 450 g/mol. The molecule has 8 heteroatoms. The molecular formula is C26H23N3O4S. The van der Waals surface area contributed by atoms with Crippen molar-refractivity contribution in [3.05, 3.63) is 77.9 Å². The molecule has 34 heavy (non-hydrogen) atoms. The molecule has 1 heterocycles. The molecule has 0 spiro atoms. The summed E-state index contributed by atoms with van der Waals surface area (Å²) in [7, 11) is 3.21. The third kappa shape index (κ3) is 5.41. The first-order valence-electron chi connectivity index (χ1n) is 10.4. The lowest BCUT2D eigenvalue weighted by Crippen LogP contribution is -2.33. The molecule has 3 aromatic carbocycles. The summed E-state index contributed by atoms with van der Waals surface area (Å²) in [6.07, 6.45) is 3.12. The van der Waals surface area contributed by atoms with Gasteiger partial charge in [-0.05, 0) is 72.7 Å². The van der Waals surface area contributed by atoms with Crippen molar-refractivity contribution in [2.75, 3.05) is 19.5 Å². The lowest BCUT2D eigenvalue weighted by Gasteiger charge is -2.11. The Labute approximate surface area is 202 Å². The molecule has 0 atom stereocenters. The Kier molecular flexibility index (Phi) is 6.89. The summed E-state index contributed by atoms with van der Waals surface area (Å²) in [5.74, 6) is 1.60. The number of anilines is 1. The number of fused-ring (bicyclic) bond motifs is 1. The van der Waals surface area contributed by atoms with Crippen LogP contribution < -0.4 is 20.1 Å². The molecule has 4 aromatic rings. The monoisotopic (exact) mass is 473 g/mol. The van der Waals surface area contributed by atoms with E-state index < -0.39 is 0 Å². The fourth-order valence-corrected chi connectivity index (χ4v) is 3.45. The van der Waals surface area contributed by atoms with E-state index in [-0.39, 0.29) is 11.0 Å². The van der Waals surface area contributed by atoms with Gasteiger partial charge in [0.1, 0.15) is 17.0 Å². The minimum atomic E-state index is -0.338. The second-order valence-electron chi connectivity index (χ2n) is 7.43. The number of carbonyl (C=O) groups excluding carboxylic acids is 1. The maximum Gasteiger partial charge on any atom is 0.250 e. The minimum Gasteiger partial charge on any atom is -0.497 e. The molecule has 0 radical (unpaired) electrons. The van der Waals surface area contributed by atoms with Crippen LogP contribution in [0, 0.1) is 6.92 Å². The van der Waals surface area contributed by atoms with E-state index in [9.17, 15) is 4.79 Å². The number of nitrogens with one attached hydrogen (secondary N) is 2. The van der Waals surface area contributed by atoms with Gasteiger partial charge in [0, 0.05) is 23.4 Å². The van der Waals surface area contributed by atoms with Crippen molar-refractivity contribution >= 4 is 46.1 Å². The number of ether oxygens (including phenoxy) is 2. The van der Waals surface area contributed by atoms with Gasteiger partial charge in [-0.3, -0.25) is 10.1 Å². The topological polar surface area (TPSA) is 85.6 Å². The molecule has 0 unspecified atom stereocenters. The smallest absolute Gasteiger partial charge is 0.250 e. The Balaban J connectivity index is 1.44. The van der Waals surface area contributed by atoms with Gasteiger partial charge in [-0.15, -0.1) is 0 Å². The summed E-state index contributed by atoms with van der Waals surface area (Å²) in [5, 5.41) is 5.92. The van der Waals surface area contributed by atoms with Crippen LogP contribution in [0.2, 0.25) is 0 Å². The average molecular weight is 474 g/mol. The highest BCUT2D eigenvalue weighted by molar-refractivity contribution is 7.80. The van der Waals surface area contributed by atoms with Crippen LogP contribution in [0.5, 0.6) is 11.5 Å². The summed E-state index contributed by atoms with van der Waals surface area (Å²) in [6.45, 7) is 1.94. The summed E-state index contributed by atoms with van der Waals surface area (Å²) >= 11 is 5.33. The molecule has 172 valence electrons. The number of hydrogen-bond donors (Lipinski definition) is 2. The third-order valence-corrected chi connectivity index (χ3v) is 5.31. The first-order chi connectivity index (χ1) is 16.4. The molecule has 1 aromatic heterocycles. The highest BCUT2D eigenvalue weighted by Crippen LogP contribution is 2.29. The van der Waals surface area contributed by atoms with E-state index in [1.165, 1.54) is 6.08 Å². The standard InChI is InChI=1S/C26H23N3O4S/c1-16-4-8-18(25-27-22-15-20(32-3)11-12-23(22)33-25)14-21(16)28-26(34)29-24(30)13-7-17-5-9-19(31-2)10-6-17/h4-15H,1-3H3,(H2,28,29,30,34). The average Bonchev–Trinajstić information content (AvgIpc) is 3.27. The highest BCUT2D eigenvalue weighted by Gasteiger charge is 2.12. The number of thiocarbonyl (C=S) groups is 1. The Bertz CT molecular complexity index is 1380. The second kappa shape index (κ2) is 10.2. The molecule has 0 aliphatic rings. The number of methoxy groups -OCH3 is 2. The Morgan fingerprint density at radius 3 is 2.47 bits per heavy atom. The first-order valence-corrected chi connectivity index (χ1v) is 10.9. The molecule has 0 fully saturated rings. The summed E-state index contributed by atoms with van der Waals surface area (Å²) in [5.41, 5.74) is 4.70. The van der Waals surface area contributed by atoms with Gasteiger partial charge in [0.05, 0.1) is 14.2 Å². The van der Waals surface area contributed by atoms with Crippen molar-refractivity contribution in [1.29, 1.82) is 0 Å². The van der Waals surface area contributed by atoms with E-state index >= 15 is 0 Å². The van der Waals surface area contributed by atoms with Gasteiger partial charge in [0.25, 0.3) is 0 Å². The molecule has 7 nitrogen and oxygen atoms in total. The van der Waals surface area contributed by atoms with Crippen LogP contribution in [0.15, 0.2) is 71.2 Å². The zero-order valence-corrected chi connectivity index (χ0v) is 19.7. The number of amides is 1. The van der Waals surface area contributed by atoms with Crippen LogP contribution in [0.3, 0.4) is 0 Å². The van der Waals surface area contributed by atoms with Crippen molar-refractivity contribution in [3.63, 3.8) is 0 Å². The van der Waals surface area contributed by atoms with Crippen LogP contribution >= 0.6 is 12.2 Å². The van der Waals surface area contributed by atoms with Gasteiger partial charge in [0.2, 0.25) is 11.8 Å². The molecule has 0 aliphatic carbocycles. The maximum atomic E-state index is 12.3. The number of benzene rings is 3. The Hall–Kier alpha value is -4.17. The van der Waals surface area contributed by atoms with E-state index in [1.54, 1.807) is 20.3 Å². The number of nitrogens with zero attached hydrogens (tertiary/aromatic N) is 1. The largest absolute Gasteiger partial charge is 0.497 e. The van der Waals surface area contributed by atoms with Gasteiger partial charge in [0.15, 0.2) is 10.7 Å². The maximum absolute atomic E-state index is 12.3. The van der Waals surface area contributed by atoms with Crippen molar-refractivity contribution in [2.24, 2.45) is 0 Å². The lowest BCUT2D eigenvalue weighted by molar-refractivity contribution is -0.115. The molecule has 0 bridgehead atoms. The van der Waals surface area contributed by atoms with Gasteiger partial charge in [-0.25, -0.2) is 4.98 Å². The zero-order chi connectivity index (χ0) is 24.1. The molecule has 0 aliphatic heterocycles. The lowest BCUT2D eigenvalue weighted by atomic mass is 10.1. The summed E-state index contributed by atoms with van der Waals surface area (Å²) < 4.78 is 16.3.